The van der Waals surface area contributed by atoms with Gasteiger partial charge >= 0.3 is 12.1 Å². The molecule has 0 bridgehead atoms. The maximum Gasteiger partial charge on any atom is 0.416 e. The number of likely N-dealkylation sites (tertiary alicyclic amines) is 1. The highest BCUT2D eigenvalue weighted by molar-refractivity contribution is 5.87. The summed E-state index contributed by atoms with van der Waals surface area (Å²) >= 11 is 0. The van der Waals surface area contributed by atoms with Gasteiger partial charge in [0, 0.05) is 24.4 Å². The molecule has 2 aliphatic rings. The number of hydrogen-bond acceptors (Lipinski definition) is 3. The van der Waals surface area contributed by atoms with E-state index in [2.05, 4.69) is 5.32 Å². The van der Waals surface area contributed by atoms with Gasteiger partial charge in [0.05, 0.1) is 11.6 Å². The standard InChI is InChI=1S/C30H37F3N2O3/c1-29(2,3)23-24(34-18-21-16-10-11-17-22(21)30(31,32)33)25(19-12-6-4-7-13-19)35(26(23)28(37)38)27(36)20-14-8-5-9-15-20/h4,6-7,10-13,16-17,20,23-26,34H,5,8-9,14-15,18H2,1-3H3,(H,37,38). The third kappa shape index (κ3) is 5.75. The second-order valence-corrected chi connectivity index (χ2v) is 11.7. The van der Waals surface area contributed by atoms with Gasteiger partial charge in [0.1, 0.15) is 6.04 Å². The molecule has 38 heavy (non-hydrogen) atoms. The first kappa shape index (κ1) is 28.1. The summed E-state index contributed by atoms with van der Waals surface area (Å²) in [5.74, 6) is -2.05. The van der Waals surface area contributed by atoms with Gasteiger partial charge in [-0.3, -0.25) is 4.79 Å². The first-order valence-electron chi connectivity index (χ1n) is 13.4. The van der Waals surface area contributed by atoms with Crippen LogP contribution >= 0.6 is 0 Å². The molecule has 2 aromatic carbocycles. The molecule has 206 valence electrons. The van der Waals surface area contributed by atoms with Crippen LogP contribution in [-0.2, 0) is 22.3 Å². The fourth-order valence-corrected chi connectivity index (χ4v) is 6.47. The van der Waals surface area contributed by atoms with Crippen molar-refractivity contribution in [3.63, 3.8) is 0 Å². The minimum atomic E-state index is -4.51. The molecule has 1 saturated carbocycles. The van der Waals surface area contributed by atoms with Crippen LogP contribution in [0.15, 0.2) is 54.6 Å². The molecule has 2 fully saturated rings. The Balaban J connectivity index is 1.81. The van der Waals surface area contributed by atoms with Gasteiger partial charge < -0.3 is 15.3 Å². The number of rotatable bonds is 6. The van der Waals surface area contributed by atoms with E-state index < -0.39 is 47.2 Å². The molecule has 1 saturated heterocycles. The molecule has 0 aromatic heterocycles. The van der Waals surface area contributed by atoms with Gasteiger partial charge in [-0.05, 0) is 35.4 Å². The fourth-order valence-electron chi connectivity index (χ4n) is 6.47. The number of carbonyl (C=O) groups is 2. The maximum atomic E-state index is 14.1. The van der Waals surface area contributed by atoms with E-state index >= 15 is 0 Å². The second-order valence-electron chi connectivity index (χ2n) is 11.7. The smallest absolute Gasteiger partial charge is 0.416 e. The van der Waals surface area contributed by atoms with E-state index in [0.717, 1.165) is 43.7 Å². The highest BCUT2D eigenvalue weighted by Crippen LogP contribution is 2.49. The zero-order chi connectivity index (χ0) is 27.7. The topological polar surface area (TPSA) is 69.6 Å². The number of nitrogens with one attached hydrogen (secondary N) is 1. The first-order chi connectivity index (χ1) is 17.9. The SMILES string of the molecule is CC(C)(C)C1C(NCc2ccccc2C(F)(F)F)C(c2ccccc2)N(C(=O)C2CCCCC2)C1C(=O)O. The number of amides is 1. The Morgan fingerprint density at radius 2 is 1.55 bits per heavy atom. The maximum absolute atomic E-state index is 14.1. The van der Waals surface area contributed by atoms with Crippen molar-refractivity contribution in [1.29, 1.82) is 0 Å². The molecule has 4 unspecified atom stereocenters. The Hall–Kier alpha value is -2.87. The highest BCUT2D eigenvalue weighted by atomic mass is 19.4. The van der Waals surface area contributed by atoms with E-state index in [1.807, 2.05) is 51.1 Å². The molecule has 2 N–H and O–H groups in total. The lowest BCUT2D eigenvalue weighted by Crippen LogP contribution is -2.49. The number of halogens is 3. The number of carboxylic acids is 1. The van der Waals surface area contributed by atoms with E-state index in [9.17, 15) is 27.9 Å². The molecular formula is C30H37F3N2O3. The molecule has 1 aliphatic heterocycles. The molecular weight excluding hydrogens is 493 g/mol. The van der Waals surface area contributed by atoms with E-state index in [1.165, 1.54) is 12.1 Å². The van der Waals surface area contributed by atoms with Crippen LogP contribution in [0.25, 0.3) is 0 Å². The Bertz CT molecular complexity index is 1120. The van der Waals surface area contributed by atoms with Gasteiger partial charge in [-0.25, -0.2) is 4.79 Å². The monoisotopic (exact) mass is 530 g/mol. The van der Waals surface area contributed by atoms with E-state index in [-0.39, 0.29) is 23.9 Å². The van der Waals surface area contributed by atoms with Crippen molar-refractivity contribution < 1.29 is 27.9 Å². The van der Waals surface area contributed by atoms with Crippen molar-refractivity contribution in [2.45, 2.75) is 83.7 Å². The number of carboxylic acid groups (broad SMARTS) is 1. The Morgan fingerprint density at radius 1 is 0.947 bits per heavy atom. The summed E-state index contributed by atoms with van der Waals surface area (Å²) in [6, 6.07) is 12.4. The van der Waals surface area contributed by atoms with Gasteiger partial charge in [-0.1, -0.05) is 88.6 Å². The molecule has 5 nitrogen and oxygen atoms in total. The minimum absolute atomic E-state index is 0.0865. The molecule has 1 aliphatic carbocycles. The molecule has 0 spiro atoms. The minimum Gasteiger partial charge on any atom is -0.480 e. The molecule has 1 amide bonds. The molecule has 4 rings (SSSR count). The van der Waals surface area contributed by atoms with Crippen LogP contribution in [0.5, 0.6) is 0 Å². The Kier molecular flexibility index (Phi) is 8.21. The normalized spacial score (nSPS) is 24.9. The number of nitrogens with zero attached hydrogens (tertiary/aromatic N) is 1. The van der Waals surface area contributed by atoms with Crippen LogP contribution in [-0.4, -0.2) is 34.0 Å². The quantitative estimate of drug-likeness (QED) is 0.451. The summed E-state index contributed by atoms with van der Waals surface area (Å²) in [6.45, 7) is 5.70. The van der Waals surface area contributed by atoms with Gasteiger partial charge in [0.25, 0.3) is 0 Å². The van der Waals surface area contributed by atoms with Gasteiger partial charge in [0.2, 0.25) is 5.91 Å². The van der Waals surface area contributed by atoms with Crippen LogP contribution in [0.4, 0.5) is 13.2 Å². The second kappa shape index (κ2) is 11.1. The summed E-state index contributed by atoms with van der Waals surface area (Å²) < 4.78 is 41.2. The number of carbonyl (C=O) groups excluding carboxylic acids is 1. The lowest BCUT2D eigenvalue weighted by atomic mass is 9.72. The average molecular weight is 531 g/mol. The largest absolute Gasteiger partial charge is 0.480 e. The van der Waals surface area contributed by atoms with Crippen molar-refractivity contribution in [1.82, 2.24) is 10.2 Å². The molecule has 1 heterocycles. The van der Waals surface area contributed by atoms with Crippen molar-refractivity contribution in [2.75, 3.05) is 0 Å². The zero-order valence-corrected chi connectivity index (χ0v) is 22.2. The summed E-state index contributed by atoms with van der Waals surface area (Å²) in [6.07, 6.45) is -0.154. The summed E-state index contributed by atoms with van der Waals surface area (Å²) in [5, 5.41) is 13.8. The Morgan fingerprint density at radius 3 is 2.13 bits per heavy atom. The van der Waals surface area contributed by atoms with E-state index in [1.54, 1.807) is 11.0 Å². The summed E-state index contributed by atoms with van der Waals surface area (Å²) in [7, 11) is 0. The van der Waals surface area contributed by atoms with E-state index in [4.69, 9.17) is 0 Å². The first-order valence-corrected chi connectivity index (χ1v) is 13.4. The molecule has 8 heteroatoms. The Labute approximate surface area is 222 Å². The lowest BCUT2D eigenvalue weighted by molar-refractivity contribution is -0.154. The predicted molar refractivity (Wildman–Crippen MR) is 139 cm³/mol. The predicted octanol–water partition coefficient (Wildman–Crippen LogP) is 6.44. The fraction of sp³-hybridized carbons (Fsp3) is 0.533. The van der Waals surface area contributed by atoms with Crippen molar-refractivity contribution in [3.05, 3.63) is 71.3 Å². The van der Waals surface area contributed by atoms with Gasteiger partial charge in [0.15, 0.2) is 0 Å². The lowest BCUT2D eigenvalue weighted by Gasteiger charge is -2.36. The number of benzene rings is 2. The number of aliphatic carboxylic acids is 1. The van der Waals surface area contributed by atoms with Crippen LogP contribution in [0.3, 0.4) is 0 Å². The summed E-state index contributed by atoms with van der Waals surface area (Å²) in [4.78, 5) is 28.5. The summed E-state index contributed by atoms with van der Waals surface area (Å²) in [5.41, 5.74) is -0.419. The molecule has 0 radical (unpaired) electrons. The van der Waals surface area contributed by atoms with E-state index in [0.29, 0.717) is 0 Å². The van der Waals surface area contributed by atoms with Crippen LogP contribution in [0.2, 0.25) is 0 Å². The van der Waals surface area contributed by atoms with Gasteiger partial charge in [-0.15, -0.1) is 0 Å². The van der Waals surface area contributed by atoms with Crippen molar-refractivity contribution in [3.8, 4) is 0 Å². The third-order valence-corrected chi connectivity index (χ3v) is 8.12. The van der Waals surface area contributed by atoms with Gasteiger partial charge in [-0.2, -0.15) is 13.2 Å². The molecule has 2 aromatic rings. The van der Waals surface area contributed by atoms with Crippen molar-refractivity contribution in [2.24, 2.45) is 17.3 Å². The highest BCUT2D eigenvalue weighted by Gasteiger charge is 2.58. The number of alkyl halides is 3. The van der Waals surface area contributed by atoms with Crippen molar-refractivity contribution >= 4 is 11.9 Å². The van der Waals surface area contributed by atoms with Crippen LogP contribution in [0.1, 0.15) is 75.6 Å². The molecule has 4 atom stereocenters. The number of hydrogen-bond donors (Lipinski definition) is 2. The van der Waals surface area contributed by atoms with Crippen LogP contribution in [0, 0.1) is 17.3 Å². The zero-order valence-electron chi connectivity index (χ0n) is 22.2. The van der Waals surface area contributed by atoms with Crippen LogP contribution < -0.4 is 5.32 Å². The average Bonchev–Trinajstić information content (AvgIpc) is 3.24. The third-order valence-electron chi connectivity index (χ3n) is 8.12.